The molecular formula is C20H14BrIN2O4S. The summed E-state index contributed by atoms with van der Waals surface area (Å²) < 4.78 is 6.00. The van der Waals surface area contributed by atoms with E-state index in [0.717, 1.165) is 11.3 Å². The highest BCUT2D eigenvalue weighted by atomic mass is 127. The number of esters is 1. The Kier molecular flexibility index (Phi) is 7.96. The fraction of sp³-hybridized carbons (Fsp3) is 0.200. The van der Waals surface area contributed by atoms with Crippen LogP contribution in [0.2, 0.25) is 0 Å². The minimum absolute atomic E-state index is 0.0757. The number of ether oxygens (including phenoxy) is 1. The first-order chi connectivity index (χ1) is 13.7. The Bertz CT molecular complexity index is 1090. The van der Waals surface area contributed by atoms with Crippen molar-refractivity contribution >= 4 is 67.7 Å². The molecule has 2 rings (SSSR count). The molecule has 148 valence electrons. The molecule has 0 fully saturated rings. The van der Waals surface area contributed by atoms with E-state index < -0.39 is 11.8 Å². The number of Topliss-reactive ketones (excluding diaryl/α,β-unsaturated/α-hetero) is 1. The minimum Gasteiger partial charge on any atom is -0.506 e. The number of carbonyl (C=O) groups is 2. The Labute approximate surface area is 193 Å². The standard InChI is InChI=1S/C20H14BrIN2O4S/c1-3-28-20(27)19-10(2)13(9-24)17(29-19)7-16(25)12(8-23)4-11-5-14(21)18(26)15(22)6-11/h4-6,26H,3,7H2,1-2H3/b12-4+. The largest absolute Gasteiger partial charge is 0.506 e. The van der Waals surface area contributed by atoms with Crippen molar-refractivity contribution in [1.29, 1.82) is 10.5 Å². The zero-order valence-electron chi connectivity index (χ0n) is 15.4. The van der Waals surface area contributed by atoms with E-state index in [1.54, 1.807) is 26.0 Å². The van der Waals surface area contributed by atoms with Crippen LogP contribution < -0.4 is 0 Å². The van der Waals surface area contributed by atoms with Crippen LogP contribution in [-0.2, 0) is 16.0 Å². The third-order valence-corrected chi connectivity index (χ3v) is 6.58. The van der Waals surface area contributed by atoms with E-state index in [9.17, 15) is 25.2 Å². The van der Waals surface area contributed by atoms with E-state index in [2.05, 4.69) is 15.9 Å². The molecule has 0 amide bonds. The maximum absolute atomic E-state index is 12.7. The summed E-state index contributed by atoms with van der Waals surface area (Å²) in [5.41, 5.74) is 1.20. The van der Waals surface area contributed by atoms with Gasteiger partial charge in [0.25, 0.3) is 0 Å². The van der Waals surface area contributed by atoms with Crippen LogP contribution in [0.5, 0.6) is 5.75 Å². The lowest BCUT2D eigenvalue weighted by molar-refractivity contribution is -0.114. The molecule has 0 unspecified atom stereocenters. The van der Waals surface area contributed by atoms with Crippen LogP contribution in [0.1, 0.15) is 38.2 Å². The van der Waals surface area contributed by atoms with Crippen LogP contribution in [0.4, 0.5) is 0 Å². The number of nitrogens with zero attached hydrogens (tertiary/aromatic N) is 2. The molecule has 0 aliphatic heterocycles. The molecule has 29 heavy (non-hydrogen) atoms. The van der Waals surface area contributed by atoms with E-state index >= 15 is 0 Å². The lowest BCUT2D eigenvalue weighted by atomic mass is 10.0. The van der Waals surface area contributed by atoms with Gasteiger partial charge in [-0.3, -0.25) is 4.79 Å². The Hall–Kier alpha value is -2.21. The third-order valence-electron chi connectivity index (χ3n) is 3.88. The quantitative estimate of drug-likeness (QED) is 0.224. The topological polar surface area (TPSA) is 111 Å². The minimum atomic E-state index is -0.537. The predicted octanol–water partition coefficient (Wildman–Crippen LogP) is 4.90. The number of hydrogen-bond acceptors (Lipinski definition) is 7. The number of thiophene rings is 1. The normalized spacial score (nSPS) is 10.9. The molecule has 1 aromatic heterocycles. The van der Waals surface area contributed by atoms with Crippen LogP contribution in [0.25, 0.3) is 6.08 Å². The van der Waals surface area contributed by atoms with Crippen molar-refractivity contribution in [3.8, 4) is 17.9 Å². The first-order valence-electron chi connectivity index (χ1n) is 8.25. The molecule has 1 heterocycles. The van der Waals surface area contributed by atoms with Crippen LogP contribution in [0.15, 0.2) is 22.2 Å². The van der Waals surface area contributed by atoms with Crippen molar-refractivity contribution in [3.05, 3.63) is 52.2 Å². The number of phenolic OH excluding ortho intramolecular Hbond substituents is 1. The van der Waals surface area contributed by atoms with E-state index in [0.29, 0.717) is 24.0 Å². The second kappa shape index (κ2) is 10.0. The van der Waals surface area contributed by atoms with Gasteiger partial charge in [-0.05, 0) is 81.7 Å². The highest BCUT2D eigenvalue weighted by molar-refractivity contribution is 14.1. The molecule has 0 aliphatic carbocycles. The number of phenols is 1. The summed E-state index contributed by atoms with van der Waals surface area (Å²) in [6.45, 7) is 3.52. The van der Waals surface area contributed by atoms with Crippen LogP contribution in [0.3, 0.4) is 0 Å². The van der Waals surface area contributed by atoms with E-state index in [1.807, 2.05) is 34.7 Å². The third kappa shape index (κ3) is 5.24. The van der Waals surface area contributed by atoms with Crippen molar-refractivity contribution in [3.63, 3.8) is 0 Å². The molecule has 9 heteroatoms. The van der Waals surface area contributed by atoms with E-state index in [1.165, 1.54) is 6.08 Å². The summed E-state index contributed by atoms with van der Waals surface area (Å²) in [5, 5.41) is 28.7. The lowest BCUT2D eigenvalue weighted by Crippen LogP contribution is -2.05. The summed E-state index contributed by atoms with van der Waals surface area (Å²) in [6.07, 6.45) is 1.25. The SMILES string of the molecule is CCOC(=O)c1sc(CC(=O)/C(C#N)=C/c2cc(Br)c(O)c(I)c2)c(C#N)c1C. The van der Waals surface area contributed by atoms with Crippen molar-refractivity contribution in [2.75, 3.05) is 6.61 Å². The van der Waals surface area contributed by atoms with Crippen molar-refractivity contribution in [2.24, 2.45) is 0 Å². The molecule has 0 bridgehead atoms. The smallest absolute Gasteiger partial charge is 0.348 e. The predicted molar refractivity (Wildman–Crippen MR) is 121 cm³/mol. The number of nitriles is 2. The number of ketones is 1. The molecular weight excluding hydrogens is 571 g/mol. The van der Waals surface area contributed by atoms with Gasteiger partial charge in [-0.15, -0.1) is 11.3 Å². The van der Waals surface area contributed by atoms with Gasteiger partial charge in [-0.2, -0.15) is 10.5 Å². The first kappa shape index (κ1) is 23.1. The fourth-order valence-corrected chi connectivity index (χ4v) is 5.13. The van der Waals surface area contributed by atoms with Gasteiger partial charge in [0.2, 0.25) is 0 Å². The van der Waals surface area contributed by atoms with Gasteiger partial charge < -0.3 is 9.84 Å². The number of allylic oxidation sites excluding steroid dienone is 1. The monoisotopic (exact) mass is 584 g/mol. The molecule has 6 nitrogen and oxygen atoms in total. The van der Waals surface area contributed by atoms with Gasteiger partial charge in [-0.25, -0.2) is 4.79 Å². The number of rotatable bonds is 6. The van der Waals surface area contributed by atoms with Gasteiger partial charge in [0.15, 0.2) is 5.78 Å². The second-order valence-electron chi connectivity index (χ2n) is 5.79. The zero-order valence-corrected chi connectivity index (χ0v) is 19.9. The van der Waals surface area contributed by atoms with Gasteiger partial charge in [-0.1, -0.05) is 0 Å². The van der Waals surface area contributed by atoms with Crippen LogP contribution in [-0.4, -0.2) is 23.5 Å². The summed E-state index contributed by atoms with van der Waals surface area (Å²) in [4.78, 5) is 25.5. The van der Waals surface area contributed by atoms with Crippen molar-refractivity contribution in [2.45, 2.75) is 20.3 Å². The summed E-state index contributed by atoms with van der Waals surface area (Å²) in [6, 6.07) is 7.15. The molecule has 0 spiro atoms. The number of benzene rings is 1. The van der Waals surface area contributed by atoms with Crippen molar-refractivity contribution < 1.29 is 19.4 Å². The molecule has 2 aromatic rings. The molecule has 1 N–H and O–H groups in total. The van der Waals surface area contributed by atoms with E-state index in [4.69, 9.17) is 4.74 Å². The van der Waals surface area contributed by atoms with Gasteiger partial charge in [0, 0.05) is 11.3 Å². The summed E-state index contributed by atoms with van der Waals surface area (Å²) >= 11 is 6.20. The van der Waals surface area contributed by atoms with Crippen molar-refractivity contribution in [1.82, 2.24) is 0 Å². The maximum Gasteiger partial charge on any atom is 0.348 e. The first-order valence-corrected chi connectivity index (χ1v) is 10.9. The molecule has 1 aromatic carbocycles. The highest BCUT2D eigenvalue weighted by Crippen LogP contribution is 2.32. The molecule has 0 atom stereocenters. The summed E-state index contributed by atoms with van der Waals surface area (Å²) in [5.74, 6) is -0.934. The second-order valence-corrected chi connectivity index (χ2v) is 8.91. The molecule has 0 aliphatic rings. The Balaban J connectivity index is 2.38. The van der Waals surface area contributed by atoms with Gasteiger partial charge in [0.05, 0.1) is 25.8 Å². The lowest BCUT2D eigenvalue weighted by Gasteiger charge is -2.03. The zero-order chi connectivity index (χ0) is 21.7. The van der Waals surface area contributed by atoms with Crippen LogP contribution in [0, 0.1) is 33.2 Å². The molecule has 0 saturated carbocycles. The van der Waals surface area contributed by atoms with Crippen LogP contribution >= 0.6 is 49.9 Å². The van der Waals surface area contributed by atoms with Gasteiger partial charge >= 0.3 is 5.97 Å². The fourth-order valence-electron chi connectivity index (χ4n) is 2.49. The van der Waals surface area contributed by atoms with Gasteiger partial charge in [0.1, 0.15) is 22.8 Å². The Morgan fingerprint density at radius 3 is 2.62 bits per heavy atom. The average molecular weight is 585 g/mol. The molecule has 0 radical (unpaired) electrons. The summed E-state index contributed by atoms with van der Waals surface area (Å²) in [7, 11) is 0. The number of carbonyl (C=O) groups excluding carboxylic acids is 2. The maximum atomic E-state index is 12.7. The number of aromatic hydroxyl groups is 1. The Morgan fingerprint density at radius 1 is 1.38 bits per heavy atom. The highest BCUT2D eigenvalue weighted by Gasteiger charge is 2.23. The Morgan fingerprint density at radius 2 is 2.07 bits per heavy atom. The molecule has 0 saturated heterocycles. The number of hydrogen-bond donors (Lipinski definition) is 1. The average Bonchev–Trinajstić information content (AvgIpc) is 2.99. The van der Waals surface area contributed by atoms with E-state index in [-0.39, 0.29) is 34.8 Å². The number of halogens is 2.